The van der Waals surface area contributed by atoms with Crippen LogP contribution in [0, 0.1) is 5.41 Å². The third-order valence-electron chi connectivity index (χ3n) is 8.27. The van der Waals surface area contributed by atoms with E-state index in [2.05, 4.69) is 17.0 Å². The Hall–Kier alpha value is -3.84. The molecule has 1 N–H and O–H groups in total. The number of piperidine rings is 2. The Labute approximate surface area is 230 Å². The molecule has 204 valence electrons. The van der Waals surface area contributed by atoms with Crippen LogP contribution in [0.1, 0.15) is 47.2 Å². The highest BCUT2D eigenvalue weighted by atomic mass is 16.5. The standard InChI is InChI=1S/C32H36N2O5/c1-38-28-12-6-7-13-29(28)39-27-11-5-3-9-25(27)23-33-18-14-32(15-19-33)16-20-34(21-17-32)31(37)26-10-4-2-8-24(26)22-30(35)36/h2-13H,14-23H2,1H3,(H,35,36). The van der Waals surface area contributed by atoms with Gasteiger partial charge in [-0.25, -0.2) is 0 Å². The molecule has 0 saturated carbocycles. The molecule has 0 aromatic heterocycles. The molecule has 0 radical (unpaired) electrons. The number of carbonyl (C=O) groups excluding carboxylic acids is 1. The van der Waals surface area contributed by atoms with E-state index in [4.69, 9.17) is 9.47 Å². The van der Waals surface area contributed by atoms with Gasteiger partial charge in [0.1, 0.15) is 5.75 Å². The number of ether oxygens (including phenoxy) is 2. The molecule has 7 heteroatoms. The number of methoxy groups -OCH3 is 1. The monoisotopic (exact) mass is 528 g/mol. The number of likely N-dealkylation sites (tertiary alicyclic amines) is 2. The zero-order chi connectivity index (χ0) is 27.2. The molecular weight excluding hydrogens is 492 g/mol. The SMILES string of the molecule is COc1ccccc1Oc1ccccc1CN1CCC2(CC1)CCN(C(=O)c1ccccc1CC(=O)O)CC2. The quantitative estimate of drug-likeness (QED) is 0.408. The average molecular weight is 529 g/mol. The van der Waals surface area contributed by atoms with Crippen LogP contribution < -0.4 is 9.47 Å². The Morgan fingerprint density at radius 3 is 2.00 bits per heavy atom. The highest BCUT2D eigenvalue weighted by Gasteiger charge is 2.39. The number of aliphatic carboxylic acids is 1. The Kier molecular flexibility index (Phi) is 8.17. The molecule has 3 aromatic carbocycles. The van der Waals surface area contributed by atoms with Gasteiger partial charge in [0.15, 0.2) is 11.5 Å². The van der Waals surface area contributed by atoms with Crippen molar-refractivity contribution in [2.24, 2.45) is 5.41 Å². The van der Waals surface area contributed by atoms with Gasteiger partial charge >= 0.3 is 5.97 Å². The number of nitrogens with zero attached hydrogens (tertiary/aromatic N) is 2. The largest absolute Gasteiger partial charge is 0.493 e. The summed E-state index contributed by atoms with van der Waals surface area (Å²) in [5.41, 5.74) is 2.51. The van der Waals surface area contributed by atoms with Gasteiger partial charge in [0.25, 0.3) is 5.91 Å². The fourth-order valence-corrected chi connectivity index (χ4v) is 5.88. The van der Waals surface area contributed by atoms with Crippen LogP contribution >= 0.6 is 0 Å². The van der Waals surface area contributed by atoms with Gasteiger partial charge in [-0.3, -0.25) is 14.5 Å². The lowest BCUT2D eigenvalue weighted by Crippen LogP contribution is -2.48. The second-order valence-corrected chi connectivity index (χ2v) is 10.7. The van der Waals surface area contributed by atoms with Gasteiger partial charge in [-0.1, -0.05) is 48.5 Å². The van der Waals surface area contributed by atoms with E-state index in [-0.39, 0.29) is 17.7 Å². The summed E-state index contributed by atoms with van der Waals surface area (Å²) in [5, 5.41) is 9.23. The third-order valence-corrected chi connectivity index (χ3v) is 8.27. The molecule has 3 aromatic rings. The molecule has 0 bridgehead atoms. The first-order valence-corrected chi connectivity index (χ1v) is 13.7. The molecule has 0 unspecified atom stereocenters. The lowest BCUT2D eigenvalue weighted by molar-refractivity contribution is -0.136. The van der Waals surface area contributed by atoms with Crippen molar-refractivity contribution in [3.05, 3.63) is 89.5 Å². The first kappa shape index (κ1) is 26.8. The van der Waals surface area contributed by atoms with E-state index in [9.17, 15) is 14.7 Å². The zero-order valence-corrected chi connectivity index (χ0v) is 22.5. The predicted molar refractivity (Wildman–Crippen MR) is 149 cm³/mol. The van der Waals surface area contributed by atoms with Crippen molar-refractivity contribution in [1.29, 1.82) is 0 Å². The Morgan fingerprint density at radius 2 is 1.33 bits per heavy atom. The fourth-order valence-electron chi connectivity index (χ4n) is 5.88. The topological polar surface area (TPSA) is 79.3 Å². The molecule has 0 aliphatic carbocycles. The van der Waals surface area contributed by atoms with Crippen LogP contribution in [-0.2, 0) is 17.8 Å². The van der Waals surface area contributed by atoms with Crippen LogP contribution in [0.5, 0.6) is 17.2 Å². The number of carboxylic acid groups (broad SMARTS) is 1. The molecule has 2 heterocycles. The molecule has 2 aliphatic rings. The second kappa shape index (κ2) is 11.9. The summed E-state index contributed by atoms with van der Waals surface area (Å²) >= 11 is 0. The number of hydrogen-bond donors (Lipinski definition) is 1. The van der Waals surface area contributed by atoms with Crippen molar-refractivity contribution in [2.45, 2.75) is 38.6 Å². The number of amides is 1. The lowest BCUT2D eigenvalue weighted by atomic mass is 9.71. The van der Waals surface area contributed by atoms with Gasteiger partial charge in [0, 0.05) is 30.8 Å². The summed E-state index contributed by atoms with van der Waals surface area (Å²) in [6.07, 6.45) is 4.06. The molecule has 5 rings (SSSR count). The van der Waals surface area contributed by atoms with E-state index < -0.39 is 5.97 Å². The lowest BCUT2D eigenvalue weighted by Gasteiger charge is -2.47. The number of rotatable bonds is 8. The van der Waals surface area contributed by atoms with Gasteiger partial charge < -0.3 is 19.5 Å². The molecule has 2 aliphatic heterocycles. The van der Waals surface area contributed by atoms with Crippen LogP contribution in [0.15, 0.2) is 72.8 Å². The smallest absolute Gasteiger partial charge is 0.307 e. The van der Waals surface area contributed by atoms with Gasteiger partial charge in [-0.2, -0.15) is 0 Å². The first-order chi connectivity index (χ1) is 19.0. The zero-order valence-electron chi connectivity index (χ0n) is 22.5. The van der Waals surface area contributed by atoms with E-state index in [1.165, 1.54) is 0 Å². The van der Waals surface area contributed by atoms with E-state index in [1.54, 1.807) is 31.4 Å². The number of carboxylic acids is 1. The van der Waals surface area contributed by atoms with Crippen LogP contribution in [0.4, 0.5) is 0 Å². The minimum atomic E-state index is -0.923. The number of para-hydroxylation sites is 3. The summed E-state index contributed by atoms with van der Waals surface area (Å²) in [7, 11) is 1.65. The van der Waals surface area contributed by atoms with Gasteiger partial charge in [0.2, 0.25) is 0 Å². The highest BCUT2D eigenvalue weighted by Crippen LogP contribution is 2.42. The Morgan fingerprint density at radius 1 is 0.769 bits per heavy atom. The van der Waals surface area contributed by atoms with Crippen molar-refractivity contribution >= 4 is 11.9 Å². The first-order valence-electron chi connectivity index (χ1n) is 13.7. The molecule has 1 spiro atoms. The van der Waals surface area contributed by atoms with Crippen molar-refractivity contribution in [3.63, 3.8) is 0 Å². The third kappa shape index (κ3) is 6.25. The van der Waals surface area contributed by atoms with E-state index in [0.29, 0.717) is 22.6 Å². The van der Waals surface area contributed by atoms with E-state index in [0.717, 1.165) is 69.7 Å². The van der Waals surface area contributed by atoms with Crippen LogP contribution in [-0.4, -0.2) is 60.1 Å². The van der Waals surface area contributed by atoms with E-state index in [1.807, 2.05) is 41.3 Å². The summed E-state index contributed by atoms with van der Waals surface area (Å²) in [6, 6.07) is 23.0. The maximum atomic E-state index is 13.2. The van der Waals surface area contributed by atoms with Crippen molar-refractivity contribution in [3.8, 4) is 17.2 Å². The number of hydrogen-bond acceptors (Lipinski definition) is 5. The van der Waals surface area contributed by atoms with Crippen molar-refractivity contribution in [1.82, 2.24) is 9.80 Å². The number of carbonyl (C=O) groups is 2. The molecule has 7 nitrogen and oxygen atoms in total. The van der Waals surface area contributed by atoms with Gasteiger partial charge in [0.05, 0.1) is 13.5 Å². The predicted octanol–water partition coefficient (Wildman–Crippen LogP) is 5.63. The molecular formula is C32H36N2O5. The Bertz CT molecular complexity index is 1310. The number of benzene rings is 3. The molecule has 2 saturated heterocycles. The summed E-state index contributed by atoms with van der Waals surface area (Å²) < 4.78 is 11.7. The van der Waals surface area contributed by atoms with Crippen LogP contribution in [0.25, 0.3) is 0 Å². The summed E-state index contributed by atoms with van der Waals surface area (Å²) in [4.78, 5) is 28.9. The highest BCUT2D eigenvalue weighted by molar-refractivity contribution is 5.96. The van der Waals surface area contributed by atoms with Crippen LogP contribution in [0.2, 0.25) is 0 Å². The van der Waals surface area contributed by atoms with Crippen molar-refractivity contribution in [2.75, 3.05) is 33.3 Å². The summed E-state index contributed by atoms with van der Waals surface area (Å²) in [6.45, 7) is 4.29. The maximum Gasteiger partial charge on any atom is 0.307 e. The normalized spacial score (nSPS) is 17.1. The Balaban J connectivity index is 1.17. The van der Waals surface area contributed by atoms with E-state index >= 15 is 0 Å². The molecule has 1 amide bonds. The van der Waals surface area contributed by atoms with Crippen LogP contribution in [0.3, 0.4) is 0 Å². The van der Waals surface area contributed by atoms with Gasteiger partial charge in [-0.15, -0.1) is 0 Å². The minimum Gasteiger partial charge on any atom is -0.493 e. The summed E-state index contributed by atoms with van der Waals surface area (Å²) in [5.74, 6) is 1.29. The average Bonchev–Trinajstić information content (AvgIpc) is 2.96. The van der Waals surface area contributed by atoms with Gasteiger partial charge in [-0.05, 0) is 74.0 Å². The molecule has 0 atom stereocenters. The fraction of sp³-hybridized carbons (Fsp3) is 0.375. The maximum absolute atomic E-state index is 13.2. The molecule has 2 fully saturated rings. The van der Waals surface area contributed by atoms with Crippen molar-refractivity contribution < 1.29 is 24.2 Å². The minimum absolute atomic E-state index is 0.0502. The molecule has 39 heavy (non-hydrogen) atoms. The second-order valence-electron chi connectivity index (χ2n) is 10.7.